The first-order valence-electron chi connectivity index (χ1n) is 8.28. The zero-order valence-electron chi connectivity index (χ0n) is 13.8. The molecule has 1 amide bonds. The first-order chi connectivity index (χ1) is 12.1. The number of amides is 1. The van der Waals surface area contributed by atoms with Gasteiger partial charge in [0.15, 0.2) is 0 Å². The van der Waals surface area contributed by atoms with Gasteiger partial charge in [-0.1, -0.05) is 35.9 Å². The van der Waals surface area contributed by atoms with Crippen LogP contribution in [0.2, 0.25) is 5.02 Å². The molecule has 0 aromatic heterocycles. The summed E-state index contributed by atoms with van der Waals surface area (Å²) in [4.78, 5) is 12.2. The van der Waals surface area contributed by atoms with Crippen molar-refractivity contribution >= 4 is 29.3 Å². The van der Waals surface area contributed by atoms with Gasteiger partial charge in [-0.15, -0.1) is 0 Å². The summed E-state index contributed by atoms with van der Waals surface area (Å²) in [5.74, 6) is 0.700. The van der Waals surface area contributed by atoms with E-state index in [1.54, 1.807) is 0 Å². The van der Waals surface area contributed by atoms with E-state index in [1.165, 1.54) is 4.42 Å². The number of ether oxygens (including phenoxy) is 1. The minimum absolute atomic E-state index is 0.0674. The van der Waals surface area contributed by atoms with E-state index < -0.39 is 0 Å². The number of rotatable bonds is 6. The van der Waals surface area contributed by atoms with Gasteiger partial charge in [0, 0.05) is 16.8 Å². The highest BCUT2D eigenvalue weighted by Crippen LogP contribution is 2.18. The van der Waals surface area contributed by atoms with E-state index in [0.717, 1.165) is 36.3 Å². The topological polar surface area (TPSA) is 41.6 Å². The summed E-state index contributed by atoms with van der Waals surface area (Å²) in [6, 6.07) is 15.0. The predicted octanol–water partition coefficient (Wildman–Crippen LogP) is 4.15. The zero-order valence-corrected chi connectivity index (χ0v) is 15.3. The Balaban J connectivity index is 1.51. The summed E-state index contributed by atoms with van der Waals surface area (Å²) < 4.78 is 7.01. The average molecular weight is 379 g/mol. The third-order valence-corrected chi connectivity index (χ3v) is 4.70. The van der Waals surface area contributed by atoms with Gasteiger partial charge in [-0.2, -0.15) is 0 Å². The smallest absolute Gasteiger partial charge is 0.254 e. The molecule has 0 radical (unpaired) electrons. The van der Waals surface area contributed by atoms with Crippen molar-refractivity contribution in [3.63, 3.8) is 0 Å². The Morgan fingerprint density at radius 2 is 1.80 bits per heavy atom. The highest BCUT2D eigenvalue weighted by molar-refractivity contribution is 6.30. The van der Waals surface area contributed by atoms with Gasteiger partial charge in [-0.25, -0.2) is 4.42 Å². The molecule has 132 valence electrons. The fraction of sp³-hybridized carbons (Fsp3) is 0.316. The summed E-state index contributed by atoms with van der Waals surface area (Å²) in [6.07, 6.45) is 1.86. The largest absolute Gasteiger partial charge is 0.489 e. The normalized spacial score (nSPS) is 16.6. The van der Waals surface area contributed by atoms with Crippen molar-refractivity contribution in [1.29, 1.82) is 0 Å². The quantitative estimate of drug-likeness (QED) is 0.767. The Labute approximate surface area is 157 Å². The van der Waals surface area contributed by atoms with E-state index in [2.05, 4.69) is 5.32 Å². The number of nitrogens with one attached hydrogen (secondary N) is 1. The summed E-state index contributed by atoms with van der Waals surface area (Å²) in [7, 11) is 0. The SMILES string of the molecule is O=C([C@@H]1CCCN1)N(Cl)Cc1ccc(OCc2ccc(Cl)cc2)cc1. The maximum atomic E-state index is 12.2. The molecule has 0 aliphatic carbocycles. The fourth-order valence-electron chi connectivity index (χ4n) is 2.74. The number of nitrogens with zero attached hydrogens (tertiary/aromatic N) is 1. The molecule has 3 rings (SSSR count). The lowest BCUT2D eigenvalue weighted by Gasteiger charge is -2.18. The van der Waals surface area contributed by atoms with Crippen LogP contribution >= 0.6 is 23.4 Å². The van der Waals surface area contributed by atoms with Crippen molar-refractivity contribution in [2.24, 2.45) is 0 Å². The molecule has 1 atom stereocenters. The molecule has 6 heteroatoms. The molecule has 1 heterocycles. The van der Waals surface area contributed by atoms with Crippen molar-refractivity contribution in [2.75, 3.05) is 6.54 Å². The zero-order chi connectivity index (χ0) is 17.6. The van der Waals surface area contributed by atoms with E-state index in [1.807, 2.05) is 48.5 Å². The fourth-order valence-corrected chi connectivity index (χ4v) is 3.12. The van der Waals surface area contributed by atoms with Crippen LogP contribution in [0.5, 0.6) is 5.75 Å². The molecule has 0 bridgehead atoms. The predicted molar refractivity (Wildman–Crippen MR) is 99.7 cm³/mol. The minimum atomic E-state index is -0.153. The molecule has 1 N–H and O–H groups in total. The molecular formula is C19H20Cl2N2O2. The lowest BCUT2D eigenvalue weighted by atomic mass is 10.2. The number of carbonyl (C=O) groups excluding carboxylic acids is 1. The van der Waals surface area contributed by atoms with Crippen LogP contribution in [0.15, 0.2) is 48.5 Å². The molecule has 1 saturated heterocycles. The number of benzene rings is 2. The van der Waals surface area contributed by atoms with Gasteiger partial charge in [0.25, 0.3) is 5.91 Å². The Morgan fingerprint density at radius 3 is 2.44 bits per heavy atom. The monoisotopic (exact) mass is 378 g/mol. The van der Waals surface area contributed by atoms with Crippen molar-refractivity contribution in [2.45, 2.75) is 32.0 Å². The van der Waals surface area contributed by atoms with Crippen LogP contribution in [-0.2, 0) is 17.9 Å². The molecule has 1 aliphatic rings. The third-order valence-electron chi connectivity index (χ3n) is 4.16. The van der Waals surface area contributed by atoms with E-state index >= 15 is 0 Å². The standard InChI is InChI=1S/C19H20Cl2N2O2/c20-16-7-3-15(4-8-16)13-25-17-9-5-14(6-10-17)12-23(21)19(24)18-2-1-11-22-18/h3-10,18,22H,1-2,11-13H2/t18-/m0/s1. The molecular weight excluding hydrogens is 359 g/mol. The van der Waals surface area contributed by atoms with Crippen LogP contribution in [-0.4, -0.2) is 22.9 Å². The first-order valence-corrected chi connectivity index (χ1v) is 9.00. The summed E-state index contributed by atoms with van der Waals surface area (Å²) in [6.45, 7) is 1.72. The van der Waals surface area contributed by atoms with Gasteiger partial charge in [0.2, 0.25) is 0 Å². The maximum Gasteiger partial charge on any atom is 0.254 e. The highest BCUT2D eigenvalue weighted by Gasteiger charge is 2.26. The molecule has 1 aliphatic heterocycles. The van der Waals surface area contributed by atoms with Crippen LogP contribution in [0, 0.1) is 0 Å². The summed E-state index contributed by atoms with van der Waals surface area (Å²) in [5.41, 5.74) is 2.01. The number of hydrogen-bond donors (Lipinski definition) is 1. The van der Waals surface area contributed by atoms with Crippen LogP contribution in [0.3, 0.4) is 0 Å². The lowest BCUT2D eigenvalue weighted by Crippen LogP contribution is -2.38. The van der Waals surface area contributed by atoms with E-state index in [4.69, 9.17) is 28.1 Å². The third kappa shape index (κ3) is 5.11. The van der Waals surface area contributed by atoms with Crippen molar-refractivity contribution in [1.82, 2.24) is 9.74 Å². The molecule has 25 heavy (non-hydrogen) atoms. The van der Waals surface area contributed by atoms with Gasteiger partial charge >= 0.3 is 0 Å². The summed E-state index contributed by atoms with van der Waals surface area (Å²) >= 11 is 12.0. The molecule has 2 aromatic carbocycles. The maximum absolute atomic E-state index is 12.2. The Bertz CT molecular complexity index is 698. The van der Waals surface area contributed by atoms with Gasteiger partial charge in [-0.05, 0) is 54.8 Å². The van der Waals surface area contributed by atoms with Crippen LogP contribution in [0.4, 0.5) is 0 Å². The number of hydrogen-bond acceptors (Lipinski definition) is 3. The first kappa shape index (κ1) is 18.1. The minimum Gasteiger partial charge on any atom is -0.489 e. The second kappa shape index (κ2) is 8.56. The van der Waals surface area contributed by atoms with Crippen molar-refractivity contribution in [3.05, 3.63) is 64.7 Å². The molecule has 0 unspecified atom stereocenters. The number of halogens is 2. The van der Waals surface area contributed by atoms with Gasteiger partial charge in [0.1, 0.15) is 12.4 Å². The van der Waals surface area contributed by atoms with Gasteiger partial charge < -0.3 is 10.1 Å². The molecule has 1 fully saturated rings. The van der Waals surface area contributed by atoms with Crippen LogP contribution < -0.4 is 10.1 Å². The van der Waals surface area contributed by atoms with Crippen LogP contribution in [0.25, 0.3) is 0 Å². The second-order valence-electron chi connectivity index (χ2n) is 6.07. The Morgan fingerprint density at radius 1 is 1.12 bits per heavy atom. The van der Waals surface area contributed by atoms with E-state index in [0.29, 0.717) is 18.2 Å². The Kier molecular flexibility index (Phi) is 6.19. The van der Waals surface area contributed by atoms with Crippen LogP contribution in [0.1, 0.15) is 24.0 Å². The molecule has 2 aromatic rings. The van der Waals surface area contributed by atoms with Gasteiger partial charge in [-0.3, -0.25) is 4.79 Å². The molecule has 0 saturated carbocycles. The van der Waals surface area contributed by atoms with E-state index in [9.17, 15) is 4.79 Å². The highest BCUT2D eigenvalue weighted by atomic mass is 35.5. The van der Waals surface area contributed by atoms with E-state index in [-0.39, 0.29) is 11.9 Å². The summed E-state index contributed by atoms with van der Waals surface area (Å²) in [5, 5.41) is 3.87. The van der Waals surface area contributed by atoms with Crippen molar-refractivity contribution < 1.29 is 9.53 Å². The second-order valence-corrected chi connectivity index (χ2v) is 6.91. The lowest BCUT2D eigenvalue weighted by molar-refractivity contribution is -0.128. The average Bonchev–Trinajstić information content (AvgIpc) is 3.16. The number of carbonyl (C=O) groups is 1. The Hall–Kier alpha value is -1.75. The molecule has 4 nitrogen and oxygen atoms in total. The van der Waals surface area contributed by atoms with Gasteiger partial charge in [0.05, 0.1) is 12.6 Å². The molecule has 0 spiro atoms. The van der Waals surface area contributed by atoms with Crippen molar-refractivity contribution in [3.8, 4) is 5.75 Å².